The van der Waals surface area contributed by atoms with E-state index in [1.807, 2.05) is 66.7 Å². The van der Waals surface area contributed by atoms with Gasteiger partial charge >= 0.3 is 11.7 Å². The molecule has 0 fully saturated rings. The van der Waals surface area contributed by atoms with Crippen molar-refractivity contribution in [2.75, 3.05) is 7.11 Å². The second-order valence-corrected chi connectivity index (χ2v) is 9.16. The highest BCUT2D eigenvalue weighted by Crippen LogP contribution is 2.29. The Labute approximate surface area is 225 Å². The standard InChI is InChI=1S/C29H29N7O3/c1-3-4-13-26-32-36(25-12-8-5-9-22(25)18-27(37)39-2)29(38)35(26)19-20-14-16-21(17-15-20)23-10-6-7-11-24(23)28-30-33-34-31-28/h5-12,14-17H,3-4,13,18-19H2,1-2H3,(H,30,31,33,34). The van der Waals surface area contributed by atoms with Crippen molar-refractivity contribution >= 4 is 5.97 Å². The fourth-order valence-electron chi connectivity index (χ4n) is 4.55. The summed E-state index contributed by atoms with van der Waals surface area (Å²) in [4.78, 5) is 25.6. The minimum atomic E-state index is -0.373. The van der Waals surface area contributed by atoms with Gasteiger partial charge in [-0.3, -0.25) is 9.36 Å². The Morgan fingerprint density at radius 2 is 1.72 bits per heavy atom. The smallest absolute Gasteiger partial charge is 0.351 e. The molecule has 0 aliphatic heterocycles. The Morgan fingerprint density at radius 3 is 2.44 bits per heavy atom. The van der Waals surface area contributed by atoms with Crippen molar-refractivity contribution in [2.24, 2.45) is 0 Å². The van der Waals surface area contributed by atoms with E-state index in [4.69, 9.17) is 9.84 Å². The fraction of sp³-hybridized carbons (Fsp3) is 0.241. The van der Waals surface area contributed by atoms with Crippen LogP contribution in [0.15, 0.2) is 77.6 Å². The van der Waals surface area contributed by atoms with Gasteiger partial charge in [-0.25, -0.2) is 4.79 Å². The summed E-state index contributed by atoms with van der Waals surface area (Å²) in [6.07, 6.45) is 2.62. The van der Waals surface area contributed by atoms with Crippen molar-refractivity contribution in [1.82, 2.24) is 35.0 Å². The molecule has 0 bridgehead atoms. The van der Waals surface area contributed by atoms with Gasteiger partial charge in [-0.15, -0.1) is 15.3 Å². The number of unbranched alkanes of at least 4 members (excludes halogenated alkanes) is 1. The third kappa shape index (κ3) is 5.54. The van der Waals surface area contributed by atoms with Crippen molar-refractivity contribution in [3.8, 4) is 28.2 Å². The van der Waals surface area contributed by atoms with Gasteiger partial charge in [0.2, 0.25) is 5.82 Å². The first-order chi connectivity index (χ1) is 19.1. The quantitative estimate of drug-likeness (QED) is 0.275. The van der Waals surface area contributed by atoms with Crippen LogP contribution in [0.5, 0.6) is 0 Å². The lowest BCUT2D eigenvalue weighted by Crippen LogP contribution is -2.26. The molecule has 0 spiro atoms. The number of para-hydroxylation sites is 1. The number of esters is 1. The zero-order valence-electron chi connectivity index (χ0n) is 21.9. The van der Waals surface area contributed by atoms with Crippen molar-refractivity contribution in [3.63, 3.8) is 0 Å². The van der Waals surface area contributed by atoms with Gasteiger partial charge in [0.15, 0.2) is 0 Å². The topological polar surface area (TPSA) is 121 Å². The zero-order chi connectivity index (χ0) is 27.2. The van der Waals surface area contributed by atoms with Crippen LogP contribution >= 0.6 is 0 Å². The van der Waals surface area contributed by atoms with Crippen LogP contribution in [0.2, 0.25) is 0 Å². The maximum absolute atomic E-state index is 13.7. The summed E-state index contributed by atoms with van der Waals surface area (Å²) in [5, 5.41) is 19.1. The minimum absolute atomic E-state index is 0.0586. The molecule has 2 aromatic heterocycles. The third-order valence-corrected chi connectivity index (χ3v) is 6.59. The van der Waals surface area contributed by atoms with Crippen molar-refractivity contribution in [1.29, 1.82) is 0 Å². The molecule has 198 valence electrons. The molecule has 10 heteroatoms. The highest BCUT2D eigenvalue weighted by Gasteiger charge is 2.18. The van der Waals surface area contributed by atoms with Gasteiger partial charge in [0.05, 0.1) is 25.8 Å². The van der Waals surface area contributed by atoms with Gasteiger partial charge in [-0.1, -0.05) is 80.1 Å². The molecular weight excluding hydrogens is 494 g/mol. The number of nitrogens with zero attached hydrogens (tertiary/aromatic N) is 6. The molecule has 0 atom stereocenters. The second-order valence-electron chi connectivity index (χ2n) is 9.16. The minimum Gasteiger partial charge on any atom is -0.469 e. The van der Waals surface area contributed by atoms with Gasteiger partial charge in [-0.05, 0) is 40.0 Å². The lowest BCUT2D eigenvalue weighted by atomic mass is 9.98. The number of methoxy groups -OCH3 is 1. The summed E-state index contributed by atoms with van der Waals surface area (Å²) in [6, 6.07) is 23.3. The monoisotopic (exact) mass is 523 g/mol. The van der Waals surface area contributed by atoms with E-state index in [2.05, 4.69) is 27.5 Å². The number of ether oxygens (including phenoxy) is 1. The molecule has 0 amide bonds. The first-order valence-electron chi connectivity index (χ1n) is 12.8. The summed E-state index contributed by atoms with van der Waals surface area (Å²) in [7, 11) is 1.35. The van der Waals surface area contributed by atoms with Crippen LogP contribution in [0.4, 0.5) is 0 Å². The summed E-state index contributed by atoms with van der Waals surface area (Å²) < 4.78 is 7.96. The third-order valence-electron chi connectivity index (χ3n) is 6.59. The number of rotatable bonds is 10. The Kier molecular flexibility index (Phi) is 7.72. The maximum atomic E-state index is 13.7. The second kappa shape index (κ2) is 11.7. The molecule has 0 unspecified atom stereocenters. The molecular formula is C29H29N7O3. The van der Waals surface area contributed by atoms with E-state index in [1.165, 1.54) is 11.8 Å². The van der Waals surface area contributed by atoms with Crippen LogP contribution in [0.1, 0.15) is 36.7 Å². The molecule has 1 N–H and O–H groups in total. The molecule has 0 radical (unpaired) electrons. The Bertz CT molecular complexity index is 1620. The normalized spacial score (nSPS) is 11.0. The molecule has 10 nitrogen and oxygen atoms in total. The molecule has 2 heterocycles. The summed E-state index contributed by atoms with van der Waals surface area (Å²) in [6.45, 7) is 2.49. The zero-order valence-corrected chi connectivity index (χ0v) is 21.9. The molecule has 0 aliphatic carbocycles. The van der Waals surface area contributed by atoms with Crippen LogP contribution < -0.4 is 5.69 Å². The summed E-state index contributed by atoms with van der Waals surface area (Å²) in [5.41, 5.74) is 4.86. The number of aromatic nitrogens is 7. The fourth-order valence-corrected chi connectivity index (χ4v) is 4.55. The number of hydrogen-bond acceptors (Lipinski definition) is 7. The number of nitrogens with one attached hydrogen (secondary N) is 1. The highest BCUT2D eigenvalue weighted by molar-refractivity contribution is 5.80. The van der Waals surface area contributed by atoms with Gasteiger partial charge in [0.1, 0.15) is 5.82 Å². The lowest BCUT2D eigenvalue weighted by Gasteiger charge is -2.09. The van der Waals surface area contributed by atoms with E-state index in [9.17, 15) is 9.59 Å². The number of aromatic amines is 1. The number of carbonyl (C=O) groups excluding carboxylic acids is 1. The lowest BCUT2D eigenvalue weighted by molar-refractivity contribution is -0.139. The van der Waals surface area contributed by atoms with Gasteiger partial charge in [-0.2, -0.15) is 9.90 Å². The predicted octanol–water partition coefficient (Wildman–Crippen LogP) is 3.99. The molecule has 5 aromatic rings. The van der Waals surface area contributed by atoms with E-state index in [0.29, 0.717) is 35.9 Å². The largest absolute Gasteiger partial charge is 0.469 e. The number of benzene rings is 3. The van der Waals surface area contributed by atoms with Crippen LogP contribution in [0.25, 0.3) is 28.2 Å². The van der Waals surface area contributed by atoms with E-state index in [1.54, 1.807) is 10.6 Å². The van der Waals surface area contributed by atoms with Crippen molar-refractivity contribution < 1.29 is 9.53 Å². The van der Waals surface area contributed by atoms with Crippen molar-refractivity contribution in [2.45, 2.75) is 39.2 Å². The first kappa shape index (κ1) is 25.8. The first-order valence-corrected chi connectivity index (χ1v) is 12.8. The summed E-state index contributed by atoms with van der Waals surface area (Å²) in [5.74, 6) is 0.866. The number of aryl methyl sites for hydroxylation is 1. The molecule has 3 aromatic carbocycles. The van der Waals surface area contributed by atoms with Crippen molar-refractivity contribution in [3.05, 3.63) is 100 Å². The molecule has 5 rings (SSSR count). The van der Waals surface area contributed by atoms with E-state index in [-0.39, 0.29) is 18.1 Å². The molecule has 0 saturated heterocycles. The van der Waals surface area contributed by atoms with Crippen LogP contribution in [-0.4, -0.2) is 48.1 Å². The maximum Gasteiger partial charge on any atom is 0.351 e. The SMILES string of the molecule is CCCCc1nn(-c2ccccc2CC(=O)OC)c(=O)n1Cc1ccc(-c2ccccc2-c2nn[nH]n2)cc1. The average Bonchev–Trinajstić information content (AvgIpc) is 3.61. The van der Waals surface area contributed by atoms with E-state index < -0.39 is 0 Å². The van der Waals surface area contributed by atoms with E-state index >= 15 is 0 Å². The van der Waals surface area contributed by atoms with E-state index in [0.717, 1.165) is 35.1 Å². The number of tetrazole rings is 1. The Hall–Kier alpha value is -4.86. The average molecular weight is 524 g/mol. The summed E-state index contributed by atoms with van der Waals surface area (Å²) >= 11 is 0. The number of carbonyl (C=O) groups is 1. The molecule has 39 heavy (non-hydrogen) atoms. The van der Waals surface area contributed by atoms with Gasteiger partial charge < -0.3 is 4.74 Å². The number of H-pyrrole nitrogens is 1. The van der Waals surface area contributed by atoms with Crippen LogP contribution in [0.3, 0.4) is 0 Å². The van der Waals surface area contributed by atoms with Gasteiger partial charge in [0, 0.05) is 12.0 Å². The molecule has 0 saturated carbocycles. The molecule has 0 aliphatic rings. The van der Waals surface area contributed by atoms with Crippen LogP contribution in [0, 0.1) is 0 Å². The highest BCUT2D eigenvalue weighted by atomic mass is 16.5. The Balaban J connectivity index is 1.48. The Morgan fingerprint density at radius 1 is 0.974 bits per heavy atom. The van der Waals surface area contributed by atoms with Crippen LogP contribution in [-0.2, 0) is 28.9 Å². The van der Waals surface area contributed by atoms with Gasteiger partial charge in [0.25, 0.3) is 0 Å². The predicted molar refractivity (Wildman–Crippen MR) is 146 cm³/mol. The number of hydrogen-bond donors (Lipinski definition) is 1.